The monoisotopic (exact) mass is 785 g/mol. The van der Waals surface area contributed by atoms with Crippen LogP contribution in [0.5, 0.6) is 0 Å². The van der Waals surface area contributed by atoms with E-state index in [0.717, 1.165) is 57.8 Å². The maximum atomic E-state index is 12.6. The van der Waals surface area contributed by atoms with Crippen LogP contribution in [0, 0.1) is 0 Å². The summed E-state index contributed by atoms with van der Waals surface area (Å²) in [4.78, 5) is 34.9. The van der Waals surface area contributed by atoms with Crippen molar-refractivity contribution in [3.8, 4) is 0 Å². The summed E-state index contributed by atoms with van der Waals surface area (Å²) < 4.78 is 32.6. The molecule has 314 valence electrons. The lowest BCUT2D eigenvalue weighted by Crippen LogP contribution is -2.29. The Labute approximate surface area is 328 Å². The fourth-order valence-corrected chi connectivity index (χ4v) is 6.20. The van der Waals surface area contributed by atoms with Gasteiger partial charge in [-0.05, 0) is 70.6 Å². The minimum atomic E-state index is -4.63. The molecule has 3 N–H and O–H groups in total. The largest absolute Gasteiger partial charge is 0.472 e. The Kier molecular flexibility index (Phi) is 37.7. The molecule has 3 atom stereocenters. The summed E-state index contributed by atoms with van der Waals surface area (Å²) in [7, 11) is -4.63. The van der Waals surface area contributed by atoms with Crippen LogP contribution in [-0.2, 0) is 32.7 Å². The lowest BCUT2D eigenvalue weighted by molar-refractivity contribution is -0.161. The first-order valence-electron chi connectivity index (χ1n) is 21.1. The normalized spacial score (nSPS) is 14.4. The molecular weight excluding hydrogens is 707 g/mol. The number of hydrogen-bond donors (Lipinski definition) is 3. The smallest absolute Gasteiger partial charge is 0.462 e. The van der Waals surface area contributed by atoms with E-state index in [1.54, 1.807) is 0 Å². The Hall–Kier alpha value is -2.07. The van der Waals surface area contributed by atoms with Gasteiger partial charge in [-0.25, -0.2) is 4.57 Å². The molecule has 0 spiro atoms. The summed E-state index contributed by atoms with van der Waals surface area (Å²) in [6.07, 6.45) is 40.8. The van der Waals surface area contributed by atoms with Crippen LogP contribution in [0.4, 0.5) is 0 Å². The molecule has 0 bridgehead atoms. The third-order valence-corrected chi connectivity index (χ3v) is 9.66. The van der Waals surface area contributed by atoms with E-state index >= 15 is 0 Å². The fourth-order valence-electron chi connectivity index (χ4n) is 5.41. The van der Waals surface area contributed by atoms with E-state index < -0.39 is 51.8 Å². The van der Waals surface area contributed by atoms with Gasteiger partial charge in [0.05, 0.1) is 19.8 Å². The number of esters is 2. The second-order valence-corrected chi connectivity index (χ2v) is 15.5. The Bertz CT molecular complexity index is 1040. The lowest BCUT2D eigenvalue weighted by Gasteiger charge is -2.20. The number of allylic oxidation sites excluding steroid dienone is 8. The van der Waals surface area contributed by atoms with E-state index in [0.29, 0.717) is 19.3 Å². The molecule has 54 heavy (non-hydrogen) atoms. The lowest BCUT2D eigenvalue weighted by atomic mass is 10.1. The molecule has 0 radical (unpaired) electrons. The van der Waals surface area contributed by atoms with Gasteiger partial charge in [-0.2, -0.15) is 0 Å². The van der Waals surface area contributed by atoms with Crippen molar-refractivity contribution in [2.75, 3.05) is 26.4 Å². The van der Waals surface area contributed by atoms with E-state index in [4.69, 9.17) is 19.1 Å². The zero-order valence-corrected chi connectivity index (χ0v) is 34.8. The third kappa shape index (κ3) is 38.2. The third-order valence-electron chi connectivity index (χ3n) is 8.71. The summed E-state index contributed by atoms with van der Waals surface area (Å²) in [6.45, 7) is 2.29. The van der Waals surface area contributed by atoms with Crippen LogP contribution in [-0.4, -0.2) is 65.7 Å². The molecule has 0 saturated carbocycles. The summed E-state index contributed by atoms with van der Waals surface area (Å²) >= 11 is 0. The van der Waals surface area contributed by atoms with Crippen molar-refractivity contribution >= 4 is 19.8 Å². The minimum absolute atomic E-state index is 0.163. The summed E-state index contributed by atoms with van der Waals surface area (Å²) in [5.41, 5.74) is 0. The van der Waals surface area contributed by atoms with Crippen LogP contribution in [0.15, 0.2) is 48.6 Å². The number of phosphoric acid groups is 1. The highest BCUT2D eigenvalue weighted by Crippen LogP contribution is 2.43. The van der Waals surface area contributed by atoms with E-state index in [-0.39, 0.29) is 19.4 Å². The molecule has 0 fully saturated rings. The minimum Gasteiger partial charge on any atom is -0.462 e. The number of unbranched alkanes of at least 4 members (excludes halogenated alkanes) is 17. The van der Waals surface area contributed by atoms with Crippen LogP contribution in [0.2, 0.25) is 0 Å². The van der Waals surface area contributed by atoms with Gasteiger partial charge < -0.3 is 24.6 Å². The predicted octanol–water partition coefficient (Wildman–Crippen LogP) is 10.9. The maximum absolute atomic E-state index is 12.6. The second kappa shape index (κ2) is 39.2. The van der Waals surface area contributed by atoms with Crippen molar-refractivity contribution < 1.29 is 47.8 Å². The molecule has 0 aromatic heterocycles. The highest BCUT2D eigenvalue weighted by atomic mass is 31.2. The molecule has 0 amide bonds. The number of carbonyl (C=O) groups is 2. The molecule has 0 aliphatic carbocycles. The SMILES string of the molecule is CCCCCCC/C=C/CCCCCCCC(=O)O[C@H](COC(=O)CCC/C=C/C/C=C/C/C=C/CCCCCCCC)COP(=O)(O)OC[C@@H](O)CO. The van der Waals surface area contributed by atoms with Crippen molar-refractivity contribution in [2.24, 2.45) is 0 Å². The van der Waals surface area contributed by atoms with Gasteiger partial charge in [0.15, 0.2) is 6.10 Å². The average Bonchev–Trinajstić information content (AvgIpc) is 3.16. The first-order chi connectivity index (χ1) is 26.2. The number of hydrogen-bond acceptors (Lipinski definition) is 9. The van der Waals surface area contributed by atoms with Gasteiger partial charge in [0.1, 0.15) is 12.7 Å². The molecule has 0 aromatic carbocycles. The van der Waals surface area contributed by atoms with Gasteiger partial charge in [0, 0.05) is 12.8 Å². The molecular formula is C43H77O10P. The maximum Gasteiger partial charge on any atom is 0.472 e. The van der Waals surface area contributed by atoms with Crippen molar-refractivity contribution in [3.63, 3.8) is 0 Å². The Morgan fingerprint density at radius 2 is 0.981 bits per heavy atom. The molecule has 0 aliphatic heterocycles. The Morgan fingerprint density at radius 1 is 0.556 bits per heavy atom. The van der Waals surface area contributed by atoms with Gasteiger partial charge >= 0.3 is 19.8 Å². The summed E-state index contributed by atoms with van der Waals surface area (Å²) in [5.74, 6) is -0.998. The Balaban J connectivity index is 4.41. The van der Waals surface area contributed by atoms with Crippen molar-refractivity contribution in [1.29, 1.82) is 0 Å². The Morgan fingerprint density at radius 3 is 1.52 bits per heavy atom. The zero-order valence-electron chi connectivity index (χ0n) is 33.9. The van der Waals surface area contributed by atoms with E-state index in [1.165, 1.54) is 70.6 Å². The molecule has 0 rings (SSSR count). The van der Waals surface area contributed by atoms with Crippen molar-refractivity contribution in [3.05, 3.63) is 48.6 Å². The summed E-state index contributed by atoms with van der Waals surface area (Å²) in [6, 6.07) is 0. The molecule has 11 heteroatoms. The van der Waals surface area contributed by atoms with E-state index in [9.17, 15) is 24.2 Å². The molecule has 1 unspecified atom stereocenters. The number of ether oxygens (including phenoxy) is 2. The van der Waals surface area contributed by atoms with Crippen LogP contribution in [0.1, 0.15) is 174 Å². The van der Waals surface area contributed by atoms with Crippen LogP contribution in [0.25, 0.3) is 0 Å². The van der Waals surface area contributed by atoms with E-state index in [1.807, 2.05) is 6.08 Å². The van der Waals surface area contributed by atoms with Gasteiger partial charge in [0.2, 0.25) is 0 Å². The van der Waals surface area contributed by atoms with E-state index in [2.05, 4.69) is 60.9 Å². The summed E-state index contributed by atoms with van der Waals surface area (Å²) in [5, 5.41) is 18.3. The highest BCUT2D eigenvalue weighted by Gasteiger charge is 2.27. The number of aliphatic hydroxyl groups excluding tert-OH is 2. The standard InChI is InChI=1S/C43H77O10P/c1-3-5-7-9-11-13-15-17-19-20-21-23-24-26-28-30-32-34-42(46)50-38-41(39-52-54(48,49)51-37-40(45)36-44)53-43(47)35-33-31-29-27-25-22-18-16-14-12-10-8-6-4-2/h16-19,21,23,26,28,40-41,44-45H,3-15,20,22,24-25,27,29-39H2,1-2H3,(H,48,49)/b18-16+,19-17+,23-21+,28-26+/t40-,41+/m0/s1. The van der Waals surface area contributed by atoms with Crippen LogP contribution >= 0.6 is 7.82 Å². The zero-order chi connectivity index (χ0) is 39.8. The number of phosphoric ester groups is 1. The first-order valence-corrected chi connectivity index (χ1v) is 22.6. The number of carbonyl (C=O) groups excluding carboxylic acids is 2. The average molecular weight is 785 g/mol. The molecule has 0 saturated heterocycles. The van der Waals surface area contributed by atoms with Gasteiger partial charge in [-0.15, -0.1) is 0 Å². The second-order valence-electron chi connectivity index (χ2n) is 14.0. The molecule has 0 aliphatic rings. The van der Waals surface area contributed by atoms with Crippen LogP contribution < -0.4 is 0 Å². The molecule has 0 aromatic rings. The quantitative estimate of drug-likeness (QED) is 0.0238. The topological polar surface area (TPSA) is 149 Å². The van der Waals surface area contributed by atoms with Crippen molar-refractivity contribution in [1.82, 2.24) is 0 Å². The predicted molar refractivity (Wildman–Crippen MR) is 219 cm³/mol. The van der Waals surface area contributed by atoms with Crippen LogP contribution in [0.3, 0.4) is 0 Å². The van der Waals surface area contributed by atoms with Gasteiger partial charge in [0.25, 0.3) is 0 Å². The van der Waals surface area contributed by atoms with Gasteiger partial charge in [-0.3, -0.25) is 18.6 Å². The van der Waals surface area contributed by atoms with Gasteiger partial charge in [-0.1, -0.05) is 140 Å². The first kappa shape index (κ1) is 51.9. The van der Waals surface area contributed by atoms with Crippen molar-refractivity contribution in [2.45, 2.75) is 187 Å². The molecule has 0 heterocycles. The molecule has 10 nitrogen and oxygen atoms in total. The highest BCUT2D eigenvalue weighted by molar-refractivity contribution is 7.47. The fraction of sp³-hybridized carbons (Fsp3) is 0.767. The number of rotatable bonds is 39. The number of aliphatic hydroxyl groups is 2.